The molecule has 3 N–H and O–H groups in total. The van der Waals surface area contributed by atoms with Gasteiger partial charge in [-0.2, -0.15) is 12.7 Å². The molecule has 0 spiro atoms. The Morgan fingerprint density at radius 2 is 1.96 bits per heavy atom. The molecule has 11 heteroatoms. The lowest BCUT2D eigenvalue weighted by Crippen LogP contribution is -2.41. The van der Waals surface area contributed by atoms with Crippen LogP contribution >= 0.6 is 34.2 Å². The van der Waals surface area contributed by atoms with Crippen LogP contribution in [0.3, 0.4) is 0 Å². The molecular formula is C17H17ClF2IN3O3S. The summed E-state index contributed by atoms with van der Waals surface area (Å²) in [5.74, 6) is -2.38. The van der Waals surface area contributed by atoms with Crippen molar-refractivity contribution in [2.24, 2.45) is 0 Å². The summed E-state index contributed by atoms with van der Waals surface area (Å²) in [6.07, 6.45) is 1.13. The zero-order chi connectivity index (χ0) is 20.5. The van der Waals surface area contributed by atoms with Crippen molar-refractivity contribution in [2.45, 2.75) is 18.9 Å². The standard InChI is InChI=1S/C17H17ClF2IN3O3S/c18-12-8-10(21)3-5-14(12)22-17-15(6-4-13(19)16(17)20)23-28(26,27)24-7-1-2-11(24)9-25/h3-6,8,11,22-23,25H,1-2,7,9H2. The third-order valence-corrected chi connectivity index (χ3v) is 6.93. The van der Waals surface area contributed by atoms with Crippen molar-refractivity contribution >= 4 is 61.5 Å². The first-order chi connectivity index (χ1) is 13.2. The Morgan fingerprint density at radius 3 is 2.64 bits per heavy atom. The van der Waals surface area contributed by atoms with Crippen molar-refractivity contribution in [3.05, 3.63) is 50.6 Å². The van der Waals surface area contributed by atoms with Crippen LogP contribution in [0.1, 0.15) is 12.8 Å². The van der Waals surface area contributed by atoms with E-state index in [-0.39, 0.29) is 29.5 Å². The molecule has 1 heterocycles. The third kappa shape index (κ3) is 4.51. The summed E-state index contributed by atoms with van der Waals surface area (Å²) in [5.41, 5.74) is -0.259. The largest absolute Gasteiger partial charge is 0.395 e. The predicted octanol–water partition coefficient (Wildman–Crippen LogP) is 4.08. The molecule has 1 atom stereocenters. The molecule has 0 radical (unpaired) electrons. The van der Waals surface area contributed by atoms with Crippen molar-refractivity contribution in [2.75, 3.05) is 23.2 Å². The summed E-state index contributed by atoms with van der Waals surface area (Å²) in [4.78, 5) is 0. The maximum atomic E-state index is 14.5. The fourth-order valence-corrected chi connectivity index (χ4v) is 5.39. The van der Waals surface area contributed by atoms with Crippen LogP contribution in [0.25, 0.3) is 0 Å². The van der Waals surface area contributed by atoms with Crippen LogP contribution in [0.4, 0.5) is 25.8 Å². The number of hydrogen-bond acceptors (Lipinski definition) is 4. The molecule has 6 nitrogen and oxygen atoms in total. The molecule has 0 saturated carbocycles. The van der Waals surface area contributed by atoms with Crippen molar-refractivity contribution in [1.29, 1.82) is 0 Å². The first-order valence-electron chi connectivity index (χ1n) is 8.33. The molecule has 1 aliphatic heterocycles. The van der Waals surface area contributed by atoms with Gasteiger partial charge in [0.15, 0.2) is 11.6 Å². The average Bonchev–Trinajstić information content (AvgIpc) is 3.13. The van der Waals surface area contributed by atoms with E-state index in [2.05, 4.69) is 32.6 Å². The minimum atomic E-state index is -4.08. The maximum Gasteiger partial charge on any atom is 0.302 e. The molecule has 1 aliphatic rings. The molecule has 3 rings (SSSR count). The molecular weight excluding hydrogens is 527 g/mol. The van der Waals surface area contributed by atoms with Gasteiger partial charge in [0.1, 0.15) is 5.69 Å². The Labute approximate surface area is 180 Å². The molecule has 1 saturated heterocycles. The number of halogens is 4. The van der Waals surface area contributed by atoms with E-state index >= 15 is 0 Å². The second kappa shape index (κ2) is 8.66. The highest BCUT2D eigenvalue weighted by molar-refractivity contribution is 14.1. The van der Waals surface area contributed by atoms with Crippen LogP contribution in [0, 0.1) is 15.2 Å². The number of hydrogen-bond donors (Lipinski definition) is 3. The van der Waals surface area contributed by atoms with Gasteiger partial charge in [0.25, 0.3) is 0 Å². The molecule has 28 heavy (non-hydrogen) atoms. The third-order valence-electron chi connectivity index (χ3n) is 4.37. The van der Waals surface area contributed by atoms with Crippen LogP contribution < -0.4 is 10.0 Å². The Balaban J connectivity index is 1.96. The average molecular weight is 544 g/mol. The van der Waals surface area contributed by atoms with Crippen molar-refractivity contribution in [1.82, 2.24) is 4.31 Å². The predicted molar refractivity (Wildman–Crippen MR) is 113 cm³/mol. The Kier molecular flexibility index (Phi) is 6.65. The minimum Gasteiger partial charge on any atom is -0.395 e. The molecule has 0 aromatic heterocycles. The SMILES string of the molecule is O=S(=O)(Nc1ccc(F)c(F)c1Nc1ccc(I)cc1Cl)N1CCCC1CO. The highest BCUT2D eigenvalue weighted by Gasteiger charge is 2.34. The number of nitrogens with zero attached hydrogens (tertiary/aromatic N) is 1. The molecule has 152 valence electrons. The Bertz CT molecular complexity index is 994. The van der Waals surface area contributed by atoms with Crippen molar-refractivity contribution in [3.63, 3.8) is 0 Å². The van der Waals surface area contributed by atoms with E-state index in [1.165, 1.54) is 0 Å². The normalized spacial score (nSPS) is 17.7. The Hall–Kier alpha value is -1.21. The van der Waals surface area contributed by atoms with Gasteiger partial charge >= 0.3 is 10.2 Å². The van der Waals surface area contributed by atoms with Gasteiger partial charge in [-0.3, -0.25) is 4.72 Å². The molecule has 0 amide bonds. The summed E-state index contributed by atoms with van der Waals surface area (Å²) >= 11 is 8.19. The summed E-state index contributed by atoms with van der Waals surface area (Å²) in [7, 11) is -4.08. The van der Waals surface area contributed by atoms with E-state index in [1.807, 2.05) is 0 Å². The van der Waals surface area contributed by atoms with Crippen LogP contribution in [-0.4, -0.2) is 37.0 Å². The fraction of sp³-hybridized carbons (Fsp3) is 0.294. The number of nitrogens with one attached hydrogen (secondary N) is 2. The van der Waals surface area contributed by atoms with E-state index in [9.17, 15) is 22.3 Å². The number of rotatable bonds is 6. The zero-order valence-electron chi connectivity index (χ0n) is 14.4. The summed E-state index contributed by atoms with van der Waals surface area (Å²) in [5, 5.41) is 12.3. The lowest BCUT2D eigenvalue weighted by Gasteiger charge is -2.24. The second-order valence-electron chi connectivity index (χ2n) is 6.23. The highest BCUT2D eigenvalue weighted by Crippen LogP contribution is 2.35. The molecule has 0 aliphatic carbocycles. The molecule has 1 fully saturated rings. The van der Waals surface area contributed by atoms with E-state index in [0.29, 0.717) is 18.5 Å². The smallest absolute Gasteiger partial charge is 0.302 e. The molecule has 0 bridgehead atoms. The van der Waals surface area contributed by atoms with Gasteiger partial charge in [0.05, 0.1) is 23.0 Å². The lowest BCUT2D eigenvalue weighted by molar-refractivity contribution is 0.214. The van der Waals surface area contributed by atoms with E-state index in [1.54, 1.807) is 18.2 Å². The fourth-order valence-electron chi connectivity index (χ4n) is 2.99. The molecule has 1 unspecified atom stereocenters. The van der Waals surface area contributed by atoms with Crippen LogP contribution in [0.15, 0.2) is 30.3 Å². The van der Waals surface area contributed by atoms with Crippen LogP contribution in [-0.2, 0) is 10.2 Å². The van der Waals surface area contributed by atoms with Crippen molar-refractivity contribution < 1.29 is 22.3 Å². The van der Waals surface area contributed by atoms with Gasteiger partial charge < -0.3 is 10.4 Å². The molecule has 2 aromatic rings. The van der Waals surface area contributed by atoms with Gasteiger partial charge in [-0.25, -0.2) is 8.78 Å². The summed E-state index contributed by atoms with van der Waals surface area (Å²) < 4.78 is 58.0. The van der Waals surface area contributed by atoms with Gasteiger partial charge in [0.2, 0.25) is 0 Å². The van der Waals surface area contributed by atoms with Gasteiger partial charge in [0, 0.05) is 16.2 Å². The topological polar surface area (TPSA) is 81.7 Å². The minimum absolute atomic E-state index is 0.169. The van der Waals surface area contributed by atoms with E-state index < -0.39 is 27.9 Å². The highest BCUT2D eigenvalue weighted by atomic mass is 127. The van der Waals surface area contributed by atoms with Gasteiger partial charge in [-0.05, 0) is 65.8 Å². The number of aliphatic hydroxyl groups is 1. The van der Waals surface area contributed by atoms with Crippen molar-refractivity contribution in [3.8, 4) is 0 Å². The van der Waals surface area contributed by atoms with Gasteiger partial charge in [-0.15, -0.1) is 0 Å². The van der Waals surface area contributed by atoms with E-state index in [0.717, 1.165) is 20.0 Å². The van der Waals surface area contributed by atoms with E-state index in [4.69, 9.17) is 11.6 Å². The van der Waals surface area contributed by atoms with Crippen LogP contribution in [0.5, 0.6) is 0 Å². The first kappa shape index (κ1) is 21.5. The number of aliphatic hydroxyl groups excluding tert-OH is 1. The quantitative estimate of drug-likeness (QED) is 0.480. The Morgan fingerprint density at radius 1 is 1.25 bits per heavy atom. The molecule has 2 aromatic carbocycles. The summed E-state index contributed by atoms with van der Waals surface area (Å²) in [6.45, 7) is -0.0853. The van der Waals surface area contributed by atoms with Gasteiger partial charge in [-0.1, -0.05) is 11.6 Å². The maximum absolute atomic E-state index is 14.5. The number of benzene rings is 2. The first-order valence-corrected chi connectivity index (χ1v) is 11.2. The lowest BCUT2D eigenvalue weighted by atomic mass is 10.2. The van der Waals surface area contributed by atoms with Crippen LogP contribution in [0.2, 0.25) is 5.02 Å². The second-order valence-corrected chi connectivity index (χ2v) is 9.51. The monoisotopic (exact) mass is 543 g/mol. The zero-order valence-corrected chi connectivity index (χ0v) is 18.2. The summed E-state index contributed by atoms with van der Waals surface area (Å²) in [6, 6.07) is 6.33. The number of anilines is 3.